The van der Waals surface area contributed by atoms with Crippen LogP contribution in [0.5, 0.6) is 0 Å². The molecule has 13 aromatic rings. The van der Waals surface area contributed by atoms with E-state index in [-0.39, 0.29) is 5.41 Å². The third kappa shape index (κ3) is 6.34. The molecule has 372 valence electrons. The first-order valence-electron chi connectivity index (χ1n) is 27.7. The van der Waals surface area contributed by atoms with E-state index in [9.17, 15) is 0 Å². The summed E-state index contributed by atoms with van der Waals surface area (Å²) >= 11 is 0. The maximum Gasteiger partial charge on any atom is 0.143 e. The Morgan fingerprint density at radius 2 is 0.671 bits per heavy atom. The van der Waals surface area contributed by atoms with Crippen molar-refractivity contribution >= 4 is 39.0 Å². The van der Waals surface area contributed by atoms with Crippen molar-refractivity contribution in [2.75, 3.05) is 4.90 Å². The minimum Gasteiger partial charge on any atom is -0.455 e. The fourth-order valence-electron chi connectivity index (χ4n) is 14.6. The molecular formula is C77H53NO. The van der Waals surface area contributed by atoms with Gasteiger partial charge in [0.25, 0.3) is 0 Å². The first-order chi connectivity index (χ1) is 38.9. The SMILES string of the molecule is CC1(C)c2ccccc2-c2ccc(N(c3ccc4c(c3)C(c3ccccc3)(c3ccccc3)c3ccccc3-4)c3ccc4c(c3)oc3c(-c5ccc(C6(c7ccccc7)c7ccccc7-c7ccccc76)cc5)cccc34)cc21. The van der Waals surface area contributed by atoms with Gasteiger partial charge in [-0.25, -0.2) is 0 Å². The number of benzene rings is 12. The Balaban J connectivity index is 0.866. The van der Waals surface area contributed by atoms with Gasteiger partial charge in [-0.1, -0.05) is 257 Å². The van der Waals surface area contributed by atoms with Crippen LogP contribution in [-0.4, -0.2) is 0 Å². The molecule has 1 heterocycles. The number of para-hydroxylation sites is 1. The highest BCUT2D eigenvalue weighted by Gasteiger charge is 2.48. The molecule has 0 spiro atoms. The lowest BCUT2D eigenvalue weighted by molar-refractivity contribution is 0.660. The lowest BCUT2D eigenvalue weighted by Crippen LogP contribution is -2.28. The quantitative estimate of drug-likeness (QED) is 0.151. The predicted molar refractivity (Wildman–Crippen MR) is 326 cm³/mol. The van der Waals surface area contributed by atoms with Crippen LogP contribution in [-0.2, 0) is 16.2 Å². The Hall–Kier alpha value is -9.76. The normalized spacial score (nSPS) is 14.5. The molecule has 0 bridgehead atoms. The first-order valence-corrected chi connectivity index (χ1v) is 27.7. The van der Waals surface area contributed by atoms with Crippen LogP contribution in [0.3, 0.4) is 0 Å². The molecule has 12 aromatic carbocycles. The van der Waals surface area contributed by atoms with Gasteiger partial charge in [-0.3, -0.25) is 0 Å². The van der Waals surface area contributed by atoms with E-state index in [1.807, 2.05) is 0 Å². The van der Waals surface area contributed by atoms with Gasteiger partial charge in [0, 0.05) is 44.9 Å². The van der Waals surface area contributed by atoms with Crippen LogP contribution >= 0.6 is 0 Å². The third-order valence-corrected chi connectivity index (χ3v) is 18.1. The van der Waals surface area contributed by atoms with Crippen LogP contribution < -0.4 is 4.90 Å². The van der Waals surface area contributed by atoms with Crippen molar-refractivity contribution in [3.63, 3.8) is 0 Å². The minimum atomic E-state index is -0.552. The predicted octanol–water partition coefficient (Wildman–Crippen LogP) is 19.8. The molecule has 2 heteroatoms. The van der Waals surface area contributed by atoms with E-state index in [0.717, 1.165) is 50.1 Å². The Morgan fingerprint density at radius 3 is 1.22 bits per heavy atom. The minimum absolute atomic E-state index is 0.186. The first kappa shape index (κ1) is 45.4. The molecule has 1 aromatic heterocycles. The Labute approximate surface area is 461 Å². The molecule has 0 N–H and O–H groups in total. The summed E-state index contributed by atoms with van der Waals surface area (Å²) < 4.78 is 7.20. The fourth-order valence-corrected chi connectivity index (χ4v) is 14.6. The van der Waals surface area contributed by atoms with Gasteiger partial charge < -0.3 is 9.32 Å². The molecule has 3 aliphatic carbocycles. The molecule has 0 radical (unpaired) electrons. The number of hydrogen-bond donors (Lipinski definition) is 0. The molecule has 0 aliphatic heterocycles. The van der Waals surface area contributed by atoms with E-state index < -0.39 is 10.8 Å². The van der Waals surface area contributed by atoms with Gasteiger partial charge in [0.1, 0.15) is 11.2 Å². The summed E-state index contributed by atoms with van der Waals surface area (Å²) in [4.78, 5) is 2.46. The van der Waals surface area contributed by atoms with Crippen LogP contribution in [0.25, 0.3) is 66.4 Å². The van der Waals surface area contributed by atoms with E-state index in [2.05, 4.69) is 304 Å². The zero-order chi connectivity index (χ0) is 52.5. The average Bonchev–Trinajstić information content (AvgIpc) is 4.40. The Kier molecular flexibility index (Phi) is 9.85. The summed E-state index contributed by atoms with van der Waals surface area (Å²) in [5.74, 6) is 0. The molecule has 0 unspecified atom stereocenters. The van der Waals surface area contributed by atoms with Crippen molar-refractivity contribution in [2.45, 2.75) is 30.1 Å². The van der Waals surface area contributed by atoms with Gasteiger partial charge in [0.2, 0.25) is 0 Å². The number of fused-ring (bicyclic) bond motifs is 12. The number of anilines is 3. The summed E-state index contributed by atoms with van der Waals surface area (Å²) in [7, 11) is 0. The molecule has 2 nitrogen and oxygen atoms in total. The molecule has 0 saturated heterocycles. The highest BCUT2D eigenvalue weighted by molar-refractivity contribution is 6.10. The second-order valence-corrected chi connectivity index (χ2v) is 22.2. The second kappa shape index (κ2) is 17.1. The van der Waals surface area contributed by atoms with Crippen LogP contribution in [0.2, 0.25) is 0 Å². The smallest absolute Gasteiger partial charge is 0.143 e. The van der Waals surface area contributed by atoms with Gasteiger partial charge in [-0.15, -0.1) is 0 Å². The molecule has 0 atom stereocenters. The van der Waals surface area contributed by atoms with Crippen molar-refractivity contribution in [3.8, 4) is 44.5 Å². The standard InChI is InChI=1S/C77H53NO/c1-75(2)67-33-16-12-27-59(67)63-44-41-55(47-71(63)75)78(56-42-45-64-62-30-15-19-36-70(62)77(72(64)48-56,52-23-8-4-9-24-52)53-25-10-5-11-26-53)57-43-46-65-66-32-20-31-58(74(66)79-73(65)49-57)50-37-39-54(40-38-50)76(51-21-6-3-7-22-51)68-34-17-13-28-60(68)61-29-14-18-35-69(61)76/h3-49H,1-2H3. The van der Waals surface area contributed by atoms with Crippen LogP contribution in [0.15, 0.2) is 290 Å². The van der Waals surface area contributed by atoms with E-state index in [0.29, 0.717) is 0 Å². The Bertz CT molecular complexity index is 4480. The largest absolute Gasteiger partial charge is 0.455 e. The molecule has 79 heavy (non-hydrogen) atoms. The lowest BCUT2D eigenvalue weighted by Gasteiger charge is -2.35. The summed E-state index contributed by atoms with van der Waals surface area (Å²) in [5.41, 5.74) is 26.4. The van der Waals surface area contributed by atoms with Crippen molar-refractivity contribution in [1.29, 1.82) is 0 Å². The number of rotatable bonds is 8. The summed E-state index contributed by atoms with van der Waals surface area (Å²) in [6.07, 6.45) is 0. The summed E-state index contributed by atoms with van der Waals surface area (Å²) in [6, 6.07) is 106. The monoisotopic (exact) mass is 1010 g/mol. The van der Waals surface area contributed by atoms with Gasteiger partial charge in [-0.05, 0) is 131 Å². The number of hydrogen-bond acceptors (Lipinski definition) is 2. The second-order valence-electron chi connectivity index (χ2n) is 22.2. The topological polar surface area (TPSA) is 16.4 Å². The van der Waals surface area contributed by atoms with Crippen molar-refractivity contribution in [1.82, 2.24) is 0 Å². The summed E-state index contributed by atoms with van der Waals surface area (Å²) in [6.45, 7) is 4.73. The van der Waals surface area contributed by atoms with E-state index in [1.54, 1.807) is 0 Å². The lowest BCUT2D eigenvalue weighted by atomic mass is 9.67. The van der Waals surface area contributed by atoms with Gasteiger partial charge in [-0.2, -0.15) is 0 Å². The van der Waals surface area contributed by atoms with E-state index in [4.69, 9.17) is 4.42 Å². The zero-order valence-electron chi connectivity index (χ0n) is 44.0. The van der Waals surface area contributed by atoms with Crippen LogP contribution in [0.1, 0.15) is 69.5 Å². The third-order valence-electron chi connectivity index (χ3n) is 18.1. The molecule has 0 saturated carbocycles. The summed E-state index contributed by atoms with van der Waals surface area (Å²) in [5, 5.41) is 2.18. The van der Waals surface area contributed by atoms with E-state index >= 15 is 0 Å². The number of furan rings is 1. The average molecular weight is 1010 g/mol. The van der Waals surface area contributed by atoms with Crippen molar-refractivity contribution < 1.29 is 4.42 Å². The number of nitrogens with zero attached hydrogens (tertiary/aromatic N) is 1. The van der Waals surface area contributed by atoms with Gasteiger partial charge in [0.05, 0.1) is 10.8 Å². The maximum absolute atomic E-state index is 7.20. The van der Waals surface area contributed by atoms with Crippen molar-refractivity contribution in [3.05, 3.63) is 341 Å². The van der Waals surface area contributed by atoms with Gasteiger partial charge in [0.15, 0.2) is 0 Å². The molecule has 16 rings (SSSR count). The highest BCUT2D eigenvalue weighted by atomic mass is 16.3. The molecular weight excluding hydrogens is 955 g/mol. The van der Waals surface area contributed by atoms with Crippen LogP contribution in [0.4, 0.5) is 17.1 Å². The molecule has 0 amide bonds. The van der Waals surface area contributed by atoms with Gasteiger partial charge >= 0.3 is 0 Å². The maximum atomic E-state index is 7.20. The molecule has 3 aliphatic rings. The van der Waals surface area contributed by atoms with Crippen LogP contribution in [0, 0.1) is 0 Å². The van der Waals surface area contributed by atoms with Crippen molar-refractivity contribution in [2.24, 2.45) is 0 Å². The fraction of sp³-hybridized carbons (Fsp3) is 0.0649. The molecule has 0 fully saturated rings. The highest BCUT2D eigenvalue weighted by Crippen LogP contribution is 2.59. The van der Waals surface area contributed by atoms with E-state index in [1.165, 1.54) is 89.0 Å². The zero-order valence-corrected chi connectivity index (χ0v) is 44.0. The Morgan fingerprint density at radius 1 is 0.278 bits per heavy atom.